The zero-order valence-electron chi connectivity index (χ0n) is 14.9. The molecule has 0 saturated heterocycles. The Morgan fingerprint density at radius 1 is 1.31 bits per heavy atom. The molecule has 1 aromatic carbocycles. The summed E-state index contributed by atoms with van der Waals surface area (Å²) >= 11 is 0. The van der Waals surface area contributed by atoms with Gasteiger partial charge in [-0.15, -0.1) is 0 Å². The van der Waals surface area contributed by atoms with Crippen LogP contribution in [-0.2, 0) is 0 Å². The van der Waals surface area contributed by atoms with Crippen molar-refractivity contribution in [3.05, 3.63) is 71.8 Å². The second-order valence-corrected chi connectivity index (χ2v) is 5.92. The molecule has 3 rings (SSSR count). The number of urea groups is 1. The lowest BCUT2D eigenvalue weighted by Crippen LogP contribution is -2.20. The van der Waals surface area contributed by atoms with Crippen LogP contribution in [-0.4, -0.2) is 22.4 Å². The van der Waals surface area contributed by atoms with Crippen LogP contribution in [0, 0.1) is 6.92 Å². The van der Waals surface area contributed by atoms with Gasteiger partial charge in [0.1, 0.15) is 0 Å². The summed E-state index contributed by atoms with van der Waals surface area (Å²) in [6.45, 7) is 4.40. The molecule has 0 aliphatic heterocycles. The molecule has 0 unspecified atom stereocenters. The fraction of sp³-hybridized carbons (Fsp3) is 0.250. The largest absolute Gasteiger partial charge is 0.478 e. The third-order valence-electron chi connectivity index (χ3n) is 3.86. The molecule has 1 aliphatic carbocycles. The highest BCUT2D eigenvalue weighted by Gasteiger charge is 2.11. The summed E-state index contributed by atoms with van der Waals surface area (Å²) in [6, 6.07) is 8.82. The van der Waals surface area contributed by atoms with Gasteiger partial charge < -0.3 is 10.1 Å². The Kier molecular flexibility index (Phi) is 5.63. The molecule has 134 valence electrons. The van der Waals surface area contributed by atoms with Gasteiger partial charge in [0, 0.05) is 11.8 Å². The molecule has 0 bridgehead atoms. The van der Waals surface area contributed by atoms with Crippen molar-refractivity contribution in [3.63, 3.8) is 0 Å². The zero-order chi connectivity index (χ0) is 18.4. The maximum atomic E-state index is 12.1. The fourth-order valence-electron chi connectivity index (χ4n) is 2.60. The summed E-state index contributed by atoms with van der Waals surface area (Å²) < 4.78 is 7.46. The summed E-state index contributed by atoms with van der Waals surface area (Å²) in [7, 11) is 0. The number of aryl methyl sites for hydroxylation is 1. The van der Waals surface area contributed by atoms with Crippen LogP contribution in [0.2, 0.25) is 0 Å². The van der Waals surface area contributed by atoms with Gasteiger partial charge in [0.15, 0.2) is 0 Å². The molecule has 0 saturated carbocycles. The monoisotopic (exact) mass is 350 g/mol. The number of rotatable bonds is 4. The SMILES string of the molecule is CCOc1cc(=NC(=O)Nc2ccc(C)cc2)cnn1C1C=CCC=C1. The fourth-order valence-corrected chi connectivity index (χ4v) is 2.60. The van der Waals surface area contributed by atoms with Gasteiger partial charge in [0.2, 0.25) is 5.88 Å². The number of aromatic nitrogens is 2. The van der Waals surface area contributed by atoms with E-state index >= 15 is 0 Å². The lowest BCUT2D eigenvalue weighted by atomic mass is 10.1. The zero-order valence-corrected chi connectivity index (χ0v) is 14.9. The number of anilines is 1. The van der Waals surface area contributed by atoms with E-state index < -0.39 is 6.03 Å². The highest BCUT2D eigenvalue weighted by atomic mass is 16.5. The van der Waals surface area contributed by atoms with Crippen LogP contribution in [0.25, 0.3) is 0 Å². The van der Waals surface area contributed by atoms with E-state index in [0.717, 1.165) is 12.0 Å². The average molecular weight is 350 g/mol. The highest BCUT2D eigenvalue weighted by molar-refractivity contribution is 5.89. The van der Waals surface area contributed by atoms with Crippen molar-refractivity contribution in [1.29, 1.82) is 0 Å². The third-order valence-corrected chi connectivity index (χ3v) is 3.86. The average Bonchev–Trinajstić information content (AvgIpc) is 2.65. The number of nitrogens with one attached hydrogen (secondary N) is 1. The number of carbonyl (C=O) groups is 1. The minimum atomic E-state index is -0.451. The van der Waals surface area contributed by atoms with E-state index in [-0.39, 0.29) is 6.04 Å². The molecule has 6 heteroatoms. The van der Waals surface area contributed by atoms with E-state index in [9.17, 15) is 4.79 Å². The van der Waals surface area contributed by atoms with Crippen molar-refractivity contribution in [1.82, 2.24) is 9.78 Å². The number of amides is 2. The smallest absolute Gasteiger partial charge is 0.345 e. The Morgan fingerprint density at radius 2 is 2.04 bits per heavy atom. The van der Waals surface area contributed by atoms with Crippen LogP contribution in [0.15, 0.2) is 65.8 Å². The van der Waals surface area contributed by atoms with Crippen molar-refractivity contribution >= 4 is 11.7 Å². The van der Waals surface area contributed by atoms with Gasteiger partial charge in [-0.1, -0.05) is 42.0 Å². The van der Waals surface area contributed by atoms with Crippen molar-refractivity contribution in [3.8, 4) is 5.88 Å². The van der Waals surface area contributed by atoms with Crippen LogP contribution < -0.4 is 15.4 Å². The Bertz CT molecular complexity index is 883. The van der Waals surface area contributed by atoms with Gasteiger partial charge in [-0.25, -0.2) is 9.48 Å². The number of benzene rings is 1. The number of ether oxygens (including phenoxy) is 1. The molecule has 26 heavy (non-hydrogen) atoms. The van der Waals surface area contributed by atoms with Crippen LogP contribution in [0.1, 0.15) is 24.9 Å². The van der Waals surface area contributed by atoms with Gasteiger partial charge >= 0.3 is 6.03 Å². The van der Waals surface area contributed by atoms with E-state index in [1.165, 1.54) is 0 Å². The first-order chi connectivity index (χ1) is 12.7. The molecular formula is C20H22N4O2. The lowest BCUT2D eigenvalue weighted by Gasteiger charge is -2.18. The van der Waals surface area contributed by atoms with Crippen molar-refractivity contribution in [2.75, 3.05) is 11.9 Å². The molecular weight excluding hydrogens is 328 g/mol. The molecule has 0 radical (unpaired) electrons. The van der Waals surface area contributed by atoms with Gasteiger partial charge in [0.05, 0.1) is 24.2 Å². The van der Waals surface area contributed by atoms with Crippen LogP contribution in [0.5, 0.6) is 5.88 Å². The Balaban J connectivity index is 1.83. The van der Waals surface area contributed by atoms with Gasteiger partial charge in [0.25, 0.3) is 0 Å². The summed E-state index contributed by atoms with van der Waals surface area (Å²) in [6.07, 6.45) is 10.8. The summed E-state index contributed by atoms with van der Waals surface area (Å²) in [5.41, 5.74) is 1.83. The molecule has 1 aliphatic rings. The van der Waals surface area contributed by atoms with E-state index in [4.69, 9.17) is 4.74 Å². The normalized spacial score (nSPS) is 14.5. The molecule has 0 fully saturated rings. The molecule has 1 aromatic heterocycles. The molecule has 2 amide bonds. The van der Waals surface area contributed by atoms with Crippen molar-refractivity contribution in [2.24, 2.45) is 4.99 Å². The van der Waals surface area contributed by atoms with Gasteiger partial charge in [-0.2, -0.15) is 10.1 Å². The molecule has 6 nitrogen and oxygen atoms in total. The van der Waals surface area contributed by atoms with Crippen molar-refractivity contribution < 1.29 is 9.53 Å². The molecule has 0 spiro atoms. The van der Waals surface area contributed by atoms with Crippen LogP contribution >= 0.6 is 0 Å². The Labute approximate surface area is 152 Å². The van der Waals surface area contributed by atoms with E-state index in [2.05, 4.69) is 39.7 Å². The predicted octanol–water partition coefficient (Wildman–Crippen LogP) is 3.78. The Hall–Kier alpha value is -3.15. The van der Waals surface area contributed by atoms with E-state index in [1.54, 1.807) is 16.9 Å². The first-order valence-corrected chi connectivity index (χ1v) is 8.63. The number of nitrogens with zero attached hydrogens (tertiary/aromatic N) is 3. The second-order valence-electron chi connectivity index (χ2n) is 5.92. The van der Waals surface area contributed by atoms with Gasteiger partial charge in [-0.05, 0) is 32.4 Å². The number of hydrogen-bond donors (Lipinski definition) is 1. The summed E-state index contributed by atoms with van der Waals surface area (Å²) in [4.78, 5) is 16.2. The second kappa shape index (κ2) is 8.29. The summed E-state index contributed by atoms with van der Waals surface area (Å²) in [5.74, 6) is 0.568. The minimum absolute atomic E-state index is 0.000680. The third kappa shape index (κ3) is 4.47. The molecule has 0 atom stereocenters. The van der Waals surface area contributed by atoms with Gasteiger partial charge in [-0.3, -0.25) is 0 Å². The topological polar surface area (TPSA) is 68.5 Å². The van der Waals surface area contributed by atoms with Crippen molar-refractivity contribution in [2.45, 2.75) is 26.3 Å². The van der Waals surface area contributed by atoms with E-state index in [0.29, 0.717) is 23.5 Å². The quantitative estimate of drug-likeness (QED) is 0.853. The number of carbonyl (C=O) groups excluding carboxylic acids is 1. The molecule has 2 aromatic rings. The predicted molar refractivity (Wildman–Crippen MR) is 101 cm³/mol. The number of hydrogen-bond acceptors (Lipinski definition) is 3. The molecule has 1 N–H and O–H groups in total. The lowest BCUT2D eigenvalue weighted by molar-refractivity contribution is 0.259. The minimum Gasteiger partial charge on any atom is -0.478 e. The summed E-state index contributed by atoms with van der Waals surface area (Å²) in [5, 5.41) is 7.59. The number of allylic oxidation sites excluding steroid dienone is 4. The highest BCUT2D eigenvalue weighted by Crippen LogP contribution is 2.20. The van der Waals surface area contributed by atoms with E-state index in [1.807, 2.05) is 38.1 Å². The molecule has 1 heterocycles. The maximum Gasteiger partial charge on any atom is 0.345 e. The first kappa shape index (κ1) is 17.7. The first-order valence-electron chi connectivity index (χ1n) is 8.63. The Morgan fingerprint density at radius 3 is 2.73 bits per heavy atom. The maximum absolute atomic E-state index is 12.1. The van der Waals surface area contributed by atoms with Crippen LogP contribution in [0.3, 0.4) is 0 Å². The van der Waals surface area contributed by atoms with Crippen LogP contribution in [0.4, 0.5) is 10.5 Å². The standard InChI is InChI=1S/C20H22N4O2/c1-3-26-19-13-17(14-21-24(19)18-7-5-4-6-8-18)23-20(25)22-16-11-9-15(2)10-12-16/h5-14,18H,3-4H2,1-2H3,(H,22,25).